The monoisotopic (exact) mass is 405 g/mol. The number of amides is 1. The van der Waals surface area contributed by atoms with E-state index in [2.05, 4.69) is 46.9 Å². The molecule has 3 nitrogen and oxygen atoms in total. The maximum absolute atomic E-state index is 12.9. The average Bonchev–Trinajstić information content (AvgIpc) is 2.92. The van der Waals surface area contributed by atoms with Gasteiger partial charge in [0.15, 0.2) is 0 Å². The normalized spacial score (nSPS) is 16.3. The van der Waals surface area contributed by atoms with Crippen LogP contribution in [0.2, 0.25) is 0 Å². The molecule has 0 unspecified atom stereocenters. The Kier molecular flexibility index (Phi) is 3.66. The summed E-state index contributed by atoms with van der Waals surface area (Å²) >= 11 is 2.34. The largest absolute Gasteiger partial charge is 0.378 e. The Morgan fingerprint density at radius 1 is 1.09 bits per heavy atom. The first kappa shape index (κ1) is 14.2. The van der Waals surface area contributed by atoms with Gasteiger partial charge in [0.2, 0.25) is 0 Å². The van der Waals surface area contributed by atoms with Crippen molar-refractivity contribution in [3.8, 4) is 11.1 Å². The number of fused-ring (bicyclic) bond motifs is 3. The van der Waals surface area contributed by atoms with Gasteiger partial charge < -0.3 is 9.64 Å². The molecule has 112 valence electrons. The second-order valence-corrected chi connectivity index (χ2v) is 6.97. The first-order valence-electron chi connectivity index (χ1n) is 7.52. The Morgan fingerprint density at radius 3 is 2.73 bits per heavy atom. The molecule has 22 heavy (non-hydrogen) atoms. The molecule has 1 amide bonds. The van der Waals surface area contributed by atoms with E-state index in [9.17, 15) is 4.79 Å². The zero-order chi connectivity index (χ0) is 15.1. The molecule has 1 fully saturated rings. The van der Waals surface area contributed by atoms with E-state index >= 15 is 0 Å². The van der Waals surface area contributed by atoms with Crippen molar-refractivity contribution in [3.63, 3.8) is 0 Å². The van der Waals surface area contributed by atoms with Crippen LogP contribution in [-0.4, -0.2) is 37.1 Å². The van der Waals surface area contributed by atoms with Crippen molar-refractivity contribution in [2.45, 2.75) is 6.42 Å². The fourth-order valence-corrected chi connectivity index (χ4v) is 3.89. The third-order valence-corrected chi connectivity index (χ3v) is 5.07. The van der Waals surface area contributed by atoms with Crippen molar-refractivity contribution in [2.24, 2.45) is 0 Å². The number of rotatable bonds is 1. The number of hydrogen-bond donors (Lipinski definition) is 0. The van der Waals surface area contributed by atoms with Crippen molar-refractivity contribution in [1.82, 2.24) is 4.90 Å². The predicted octanol–water partition coefficient (Wildman–Crippen LogP) is 3.33. The summed E-state index contributed by atoms with van der Waals surface area (Å²) in [6.45, 7) is 2.63. The SMILES string of the molecule is O=C(c1cccc2c1-c1ccc(I)cc1C2)N1CCOCC1. The first-order chi connectivity index (χ1) is 10.7. The smallest absolute Gasteiger partial charge is 0.254 e. The molecule has 0 spiro atoms. The molecule has 0 aromatic heterocycles. The van der Waals surface area contributed by atoms with Crippen LogP contribution in [0.25, 0.3) is 11.1 Å². The van der Waals surface area contributed by atoms with E-state index < -0.39 is 0 Å². The summed E-state index contributed by atoms with van der Waals surface area (Å²) in [5.74, 6) is 0.131. The summed E-state index contributed by atoms with van der Waals surface area (Å²) in [6.07, 6.45) is 0.922. The van der Waals surface area contributed by atoms with E-state index in [0.29, 0.717) is 26.3 Å². The van der Waals surface area contributed by atoms with E-state index in [1.54, 1.807) is 0 Å². The Balaban J connectivity index is 1.79. The van der Waals surface area contributed by atoms with Crippen LogP contribution in [0.4, 0.5) is 0 Å². The maximum Gasteiger partial charge on any atom is 0.254 e. The minimum atomic E-state index is 0.131. The van der Waals surface area contributed by atoms with Crippen molar-refractivity contribution in [1.29, 1.82) is 0 Å². The molecule has 4 rings (SSSR count). The average molecular weight is 405 g/mol. The van der Waals surface area contributed by atoms with Crippen LogP contribution in [0.3, 0.4) is 0 Å². The number of benzene rings is 2. The molecule has 0 atom stereocenters. The molecule has 2 aliphatic rings. The standard InChI is InChI=1S/C18H16INO2/c19-14-4-5-15-13(11-14)10-12-2-1-3-16(17(12)15)18(21)20-6-8-22-9-7-20/h1-5,11H,6-10H2. The Labute approximate surface area is 143 Å². The van der Waals surface area contributed by atoms with Crippen molar-refractivity contribution < 1.29 is 9.53 Å². The van der Waals surface area contributed by atoms with Gasteiger partial charge in [-0.05, 0) is 69.5 Å². The van der Waals surface area contributed by atoms with Crippen LogP contribution >= 0.6 is 22.6 Å². The van der Waals surface area contributed by atoms with Gasteiger partial charge >= 0.3 is 0 Å². The zero-order valence-corrected chi connectivity index (χ0v) is 14.3. The lowest BCUT2D eigenvalue weighted by Gasteiger charge is -2.27. The first-order valence-corrected chi connectivity index (χ1v) is 8.59. The van der Waals surface area contributed by atoms with Gasteiger partial charge in [-0.15, -0.1) is 0 Å². The van der Waals surface area contributed by atoms with Gasteiger partial charge in [-0.3, -0.25) is 4.79 Å². The van der Waals surface area contributed by atoms with Crippen molar-refractivity contribution in [3.05, 3.63) is 56.7 Å². The Morgan fingerprint density at radius 2 is 1.91 bits per heavy atom. The zero-order valence-electron chi connectivity index (χ0n) is 12.1. The van der Waals surface area contributed by atoms with E-state index in [-0.39, 0.29) is 5.91 Å². The van der Waals surface area contributed by atoms with Crippen LogP contribution in [0.5, 0.6) is 0 Å². The van der Waals surface area contributed by atoms with Gasteiger partial charge in [0, 0.05) is 22.2 Å². The van der Waals surface area contributed by atoms with Crippen LogP contribution in [0, 0.1) is 3.57 Å². The number of morpholine rings is 1. The van der Waals surface area contributed by atoms with Gasteiger partial charge in [0.25, 0.3) is 5.91 Å². The molecule has 0 radical (unpaired) electrons. The molecule has 0 bridgehead atoms. The molecular weight excluding hydrogens is 389 g/mol. The minimum Gasteiger partial charge on any atom is -0.378 e. The predicted molar refractivity (Wildman–Crippen MR) is 94.1 cm³/mol. The summed E-state index contributed by atoms with van der Waals surface area (Å²) in [6, 6.07) is 12.6. The highest BCUT2D eigenvalue weighted by molar-refractivity contribution is 14.1. The third kappa shape index (κ3) is 2.34. The number of hydrogen-bond acceptors (Lipinski definition) is 2. The fraction of sp³-hybridized carbons (Fsp3) is 0.278. The molecule has 0 N–H and O–H groups in total. The molecule has 2 aromatic carbocycles. The fourth-order valence-electron chi connectivity index (χ4n) is 3.34. The van der Waals surface area contributed by atoms with Gasteiger partial charge in [-0.25, -0.2) is 0 Å². The molecule has 1 aliphatic carbocycles. The number of carbonyl (C=O) groups excluding carboxylic acids is 1. The number of ether oxygens (including phenoxy) is 1. The van der Waals surface area contributed by atoms with Gasteiger partial charge in [-0.2, -0.15) is 0 Å². The highest BCUT2D eigenvalue weighted by Crippen LogP contribution is 2.39. The lowest BCUT2D eigenvalue weighted by atomic mass is 9.98. The number of halogens is 1. The number of nitrogens with zero attached hydrogens (tertiary/aromatic N) is 1. The van der Waals surface area contributed by atoms with Gasteiger partial charge in [0.05, 0.1) is 13.2 Å². The van der Waals surface area contributed by atoms with Crippen molar-refractivity contribution >= 4 is 28.5 Å². The minimum absolute atomic E-state index is 0.131. The highest BCUT2D eigenvalue weighted by Gasteiger charge is 2.27. The quantitative estimate of drug-likeness (QED) is 0.582. The summed E-state index contributed by atoms with van der Waals surface area (Å²) < 4.78 is 6.59. The molecule has 0 saturated carbocycles. The lowest BCUT2D eigenvalue weighted by Crippen LogP contribution is -2.40. The topological polar surface area (TPSA) is 29.5 Å². The summed E-state index contributed by atoms with van der Waals surface area (Å²) in [7, 11) is 0. The van der Waals surface area contributed by atoms with Crippen LogP contribution in [0.1, 0.15) is 21.5 Å². The molecule has 1 heterocycles. The van der Waals surface area contributed by atoms with E-state index in [1.807, 2.05) is 17.0 Å². The molecule has 1 aliphatic heterocycles. The molecule has 4 heteroatoms. The van der Waals surface area contributed by atoms with E-state index in [1.165, 1.54) is 20.3 Å². The summed E-state index contributed by atoms with van der Waals surface area (Å²) in [5.41, 5.74) is 5.76. The van der Waals surface area contributed by atoms with Crippen LogP contribution < -0.4 is 0 Å². The summed E-state index contributed by atoms with van der Waals surface area (Å²) in [4.78, 5) is 14.8. The second-order valence-electron chi connectivity index (χ2n) is 5.72. The van der Waals surface area contributed by atoms with Crippen molar-refractivity contribution in [2.75, 3.05) is 26.3 Å². The molecule has 2 aromatic rings. The summed E-state index contributed by atoms with van der Waals surface area (Å²) in [5, 5.41) is 0. The second kappa shape index (κ2) is 5.66. The van der Waals surface area contributed by atoms with Gasteiger partial charge in [0.1, 0.15) is 0 Å². The third-order valence-electron chi connectivity index (χ3n) is 4.40. The Hall–Kier alpha value is -1.40. The number of carbonyl (C=O) groups is 1. The van der Waals surface area contributed by atoms with E-state index in [0.717, 1.165) is 17.5 Å². The Bertz CT molecular complexity index is 751. The van der Waals surface area contributed by atoms with E-state index in [4.69, 9.17) is 4.74 Å². The highest BCUT2D eigenvalue weighted by atomic mass is 127. The van der Waals surface area contributed by atoms with Gasteiger partial charge in [-0.1, -0.05) is 18.2 Å². The maximum atomic E-state index is 12.9. The lowest BCUT2D eigenvalue weighted by molar-refractivity contribution is 0.0303. The molecular formula is C18H16INO2. The van der Waals surface area contributed by atoms with Crippen LogP contribution in [-0.2, 0) is 11.2 Å². The van der Waals surface area contributed by atoms with Crippen LogP contribution in [0.15, 0.2) is 36.4 Å². The molecule has 1 saturated heterocycles.